The second kappa shape index (κ2) is 12.4. The van der Waals surface area contributed by atoms with Gasteiger partial charge in [-0.15, -0.1) is 0 Å². The molecule has 0 spiro atoms. The van der Waals surface area contributed by atoms with Crippen LogP contribution in [0.5, 0.6) is 0 Å². The van der Waals surface area contributed by atoms with Crippen LogP contribution < -0.4 is 15.5 Å². The molecule has 0 bridgehead atoms. The van der Waals surface area contributed by atoms with Crippen LogP contribution in [0.15, 0.2) is 47.4 Å². The van der Waals surface area contributed by atoms with Crippen molar-refractivity contribution in [3.63, 3.8) is 0 Å². The molecule has 10 heteroatoms. The number of aryl methyl sites for hydroxylation is 1. The molecule has 0 amide bonds. The third-order valence-corrected chi connectivity index (χ3v) is 9.12. The summed E-state index contributed by atoms with van der Waals surface area (Å²) in [5.74, 6) is 1.31. The number of anilines is 2. The van der Waals surface area contributed by atoms with Gasteiger partial charge in [-0.25, -0.2) is 13.4 Å². The predicted molar refractivity (Wildman–Crippen MR) is 163 cm³/mol. The van der Waals surface area contributed by atoms with Gasteiger partial charge in [0.05, 0.1) is 22.8 Å². The average molecular weight is 652 g/mol. The van der Waals surface area contributed by atoms with E-state index in [-0.39, 0.29) is 11.3 Å². The number of sulfone groups is 1. The van der Waals surface area contributed by atoms with E-state index in [4.69, 9.17) is 13.0 Å². The number of hydrogen-bond acceptors (Lipinski definition) is 8. The SMILES string of the molecule is CCCC(CCOI)NC(C)(C)CNc1nc(N2CCS(=O)(=O)c3ccccc3C2)nc2ccc(C)cc12. The lowest BCUT2D eigenvalue weighted by Gasteiger charge is -2.32. The van der Waals surface area contributed by atoms with Gasteiger partial charge >= 0.3 is 0 Å². The first-order valence-corrected chi connectivity index (χ1v) is 15.7. The van der Waals surface area contributed by atoms with Crippen LogP contribution in [0.4, 0.5) is 11.8 Å². The van der Waals surface area contributed by atoms with Crippen molar-refractivity contribution in [1.82, 2.24) is 15.3 Å². The first-order valence-electron chi connectivity index (χ1n) is 13.2. The van der Waals surface area contributed by atoms with E-state index in [9.17, 15) is 8.42 Å². The molecule has 8 nitrogen and oxygen atoms in total. The molecule has 2 heterocycles. The van der Waals surface area contributed by atoms with E-state index in [1.54, 1.807) is 12.1 Å². The van der Waals surface area contributed by atoms with Gasteiger partial charge in [-0.05, 0) is 57.4 Å². The maximum Gasteiger partial charge on any atom is 0.228 e. The Kier molecular flexibility index (Phi) is 9.49. The number of hydrogen-bond donors (Lipinski definition) is 2. The topological polar surface area (TPSA) is 96.5 Å². The minimum Gasteiger partial charge on any atom is -0.368 e. The molecule has 1 aromatic heterocycles. The van der Waals surface area contributed by atoms with E-state index in [0.29, 0.717) is 36.5 Å². The minimum atomic E-state index is -3.36. The van der Waals surface area contributed by atoms with Gasteiger partial charge in [-0.1, -0.05) is 43.2 Å². The molecule has 0 saturated heterocycles. The highest BCUT2D eigenvalue weighted by Gasteiger charge is 2.27. The van der Waals surface area contributed by atoms with Gasteiger partial charge in [0.2, 0.25) is 5.95 Å². The molecule has 0 radical (unpaired) electrons. The quantitative estimate of drug-likeness (QED) is 0.265. The lowest BCUT2D eigenvalue weighted by atomic mass is 10.00. The average Bonchev–Trinajstić information content (AvgIpc) is 3.01. The summed E-state index contributed by atoms with van der Waals surface area (Å²) < 4.78 is 31.1. The van der Waals surface area contributed by atoms with E-state index in [1.807, 2.05) is 52.2 Å². The Balaban J connectivity index is 1.62. The second-order valence-corrected chi connectivity index (χ2v) is 13.4. The van der Waals surface area contributed by atoms with Crippen LogP contribution in [0.1, 0.15) is 51.2 Å². The smallest absolute Gasteiger partial charge is 0.228 e. The van der Waals surface area contributed by atoms with Gasteiger partial charge in [0.15, 0.2) is 9.84 Å². The highest BCUT2D eigenvalue weighted by Crippen LogP contribution is 2.29. The molecule has 2 N–H and O–H groups in total. The first kappa shape index (κ1) is 29.0. The summed E-state index contributed by atoms with van der Waals surface area (Å²) in [4.78, 5) is 12.2. The molecule has 1 unspecified atom stereocenters. The van der Waals surface area contributed by atoms with Gasteiger partial charge in [0, 0.05) is 36.6 Å². The number of halogens is 1. The summed E-state index contributed by atoms with van der Waals surface area (Å²) in [5.41, 5.74) is 2.54. The fraction of sp³-hybridized carbons (Fsp3) is 0.500. The molecule has 2 aromatic carbocycles. The largest absolute Gasteiger partial charge is 0.368 e. The van der Waals surface area contributed by atoms with Crippen LogP contribution in [0.2, 0.25) is 0 Å². The number of nitrogens with zero attached hydrogens (tertiary/aromatic N) is 3. The molecule has 38 heavy (non-hydrogen) atoms. The molecule has 4 rings (SSSR count). The molecule has 3 aromatic rings. The van der Waals surface area contributed by atoms with Crippen molar-refractivity contribution < 1.29 is 11.5 Å². The summed E-state index contributed by atoms with van der Waals surface area (Å²) in [7, 11) is -3.36. The molecule has 1 aliphatic heterocycles. The molecule has 0 saturated carbocycles. The maximum absolute atomic E-state index is 12.9. The highest BCUT2D eigenvalue weighted by atomic mass is 127. The Labute approximate surface area is 240 Å². The zero-order chi connectivity index (χ0) is 27.3. The van der Waals surface area contributed by atoms with E-state index in [0.717, 1.165) is 53.7 Å². The molecule has 0 aliphatic carbocycles. The van der Waals surface area contributed by atoms with Gasteiger partial charge in [0.1, 0.15) is 28.8 Å². The van der Waals surface area contributed by atoms with Crippen molar-refractivity contribution >= 4 is 55.5 Å². The van der Waals surface area contributed by atoms with Gasteiger partial charge in [-0.2, -0.15) is 4.98 Å². The lowest BCUT2D eigenvalue weighted by Crippen LogP contribution is -2.50. The Bertz CT molecular complexity index is 1370. The fourth-order valence-electron chi connectivity index (χ4n) is 4.97. The number of nitrogens with one attached hydrogen (secondary N) is 2. The standard InChI is InChI=1S/C28H38IN5O3S/c1-5-8-22(13-15-37-29)33-28(3,4)19-30-26-23-17-20(2)11-12-24(23)31-27(32-26)34-14-16-38(35,36)25-10-7-6-9-21(25)18-34/h6-7,9-12,17,22,33H,5,8,13-16,18-19H2,1-4H3,(H,30,31,32). The molecular formula is C28H38IN5O3S. The highest BCUT2D eigenvalue weighted by molar-refractivity contribution is 14.1. The normalized spacial score (nSPS) is 16.2. The predicted octanol–water partition coefficient (Wildman–Crippen LogP) is 5.44. The van der Waals surface area contributed by atoms with E-state index in [1.165, 1.54) is 0 Å². The summed E-state index contributed by atoms with van der Waals surface area (Å²) >= 11 is 1.96. The summed E-state index contributed by atoms with van der Waals surface area (Å²) in [6.45, 7) is 10.8. The number of benzene rings is 2. The van der Waals surface area contributed by atoms with E-state index >= 15 is 0 Å². The lowest BCUT2D eigenvalue weighted by molar-refractivity contribution is 0.288. The first-order chi connectivity index (χ1) is 18.1. The minimum absolute atomic E-state index is 0.0266. The van der Waals surface area contributed by atoms with Crippen LogP contribution in [-0.4, -0.2) is 55.4 Å². The molecular weight excluding hydrogens is 613 g/mol. The summed E-state index contributed by atoms with van der Waals surface area (Å²) in [6.07, 6.45) is 3.15. The fourth-order valence-corrected chi connectivity index (χ4v) is 6.72. The monoisotopic (exact) mass is 651 g/mol. The molecule has 1 aliphatic rings. The van der Waals surface area contributed by atoms with Crippen molar-refractivity contribution in [2.45, 2.75) is 70.0 Å². The Morgan fingerprint density at radius 1 is 1.16 bits per heavy atom. The van der Waals surface area contributed by atoms with Crippen molar-refractivity contribution in [3.05, 3.63) is 53.6 Å². The van der Waals surface area contributed by atoms with Crippen LogP contribution in [0.25, 0.3) is 10.9 Å². The Morgan fingerprint density at radius 2 is 1.95 bits per heavy atom. The van der Waals surface area contributed by atoms with Gasteiger partial charge in [-0.3, -0.25) is 0 Å². The van der Waals surface area contributed by atoms with Crippen molar-refractivity contribution in [3.8, 4) is 0 Å². The maximum atomic E-state index is 12.9. The zero-order valence-electron chi connectivity index (χ0n) is 22.6. The van der Waals surface area contributed by atoms with Crippen molar-refractivity contribution in [2.75, 3.05) is 35.7 Å². The molecule has 0 fully saturated rings. The van der Waals surface area contributed by atoms with E-state index < -0.39 is 9.84 Å². The number of fused-ring (bicyclic) bond motifs is 2. The van der Waals surface area contributed by atoms with Crippen molar-refractivity contribution in [1.29, 1.82) is 0 Å². The van der Waals surface area contributed by atoms with E-state index in [2.05, 4.69) is 44.4 Å². The second-order valence-electron chi connectivity index (χ2n) is 10.7. The Morgan fingerprint density at radius 3 is 2.71 bits per heavy atom. The third-order valence-electron chi connectivity index (χ3n) is 6.89. The number of aromatic nitrogens is 2. The van der Waals surface area contributed by atoms with Crippen LogP contribution >= 0.6 is 23.0 Å². The molecule has 1 atom stereocenters. The zero-order valence-corrected chi connectivity index (χ0v) is 25.6. The third kappa shape index (κ3) is 7.13. The molecule has 206 valence electrons. The number of rotatable bonds is 11. The van der Waals surface area contributed by atoms with Crippen molar-refractivity contribution in [2.24, 2.45) is 0 Å². The van der Waals surface area contributed by atoms with Crippen LogP contribution in [0.3, 0.4) is 0 Å². The van der Waals surface area contributed by atoms with Gasteiger partial charge in [0.25, 0.3) is 0 Å². The summed E-state index contributed by atoms with van der Waals surface area (Å²) in [6, 6.07) is 13.7. The van der Waals surface area contributed by atoms with Crippen LogP contribution in [-0.2, 0) is 19.4 Å². The summed E-state index contributed by atoms with van der Waals surface area (Å²) in [5, 5.41) is 8.35. The van der Waals surface area contributed by atoms with Crippen LogP contribution in [0, 0.1) is 6.92 Å². The van der Waals surface area contributed by atoms with Gasteiger partial charge < -0.3 is 18.6 Å². The Hall–Kier alpha value is -2.02.